The van der Waals surface area contributed by atoms with Crippen molar-refractivity contribution in [3.63, 3.8) is 0 Å². The van der Waals surface area contributed by atoms with E-state index in [1.165, 1.54) is 59.1 Å². The highest BCUT2D eigenvalue weighted by molar-refractivity contribution is 7.25. The molecule has 13 rings (SSSR count). The Balaban J connectivity index is 1.01. The molecule has 0 aliphatic rings. The van der Waals surface area contributed by atoms with Crippen molar-refractivity contribution in [2.24, 2.45) is 0 Å². The summed E-state index contributed by atoms with van der Waals surface area (Å²) < 4.78 is 5.00. The third-order valence-electron chi connectivity index (χ3n) is 14.1. The molecule has 0 amide bonds. The Morgan fingerprint density at radius 1 is 0.380 bits per heavy atom. The number of rotatable bonds is 9. The van der Waals surface area contributed by atoms with Crippen LogP contribution in [0.2, 0.25) is 0 Å². The number of aromatic nitrogens is 4. The lowest BCUT2D eigenvalue weighted by Gasteiger charge is -2.21. The van der Waals surface area contributed by atoms with Gasteiger partial charge in [0.2, 0.25) is 0 Å². The number of hydrogen-bond acceptors (Lipinski definition) is 4. The molecule has 336 valence electrons. The number of para-hydroxylation sites is 1. The third-order valence-corrected chi connectivity index (χ3v) is 15.3. The highest BCUT2D eigenvalue weighted by Gasteiger charge is 2.22. The minimum Gasteiger partial charge on any atom is -0.309 e. The second-order valence-corrected chi connectivity index (χ2v) is 19.5. The largest absolute Gasteiger partial charge is 0.309 e. The topological polar surface area (TPSA) is 43.6 Å². The van der Waals surface area contributed by atoms with Gasteiger partial charge in [-0.1, -0.05) is 183 Å². The Kier molecular flexibility index (Phi) is 10.5. The molecule has 0 bridgehead atoms. The summed E-state index contributed by atoms with van der Waals surface area (Å²) in [6.45, 7) is 4.58. The molecule has 3 heterocycles. The highest BCUT2D eigenvalue weighted by Crippen LogP contribution is 2.44. The molecule has 10 aromatic carbocycles. The fourth-order valence-corrected chi connectivity index (χ4v) is 11.6. The van der Waals surface area contributed by atoms with Crippen LogP contribution in [0.25, 0.3) is 115 Å². The summed E-state index contributed by atoms with van der Waals surface area (Å²) >= 11 is 1.86. The Bertz CT molecular complexity index is 4060. The second kappa shape index (κ2) is 17.6. The third kappa shape index (κ3) is 7.59. The molecule has 13 aromatic rings. The van der Waals surface area contributed by atoms with E-state index >= 15 is 0 Å². The average Bonchev–Trinajstić information content (AvgIpc) is 3.99. The molecule has 0 N–H and O–H groups in total. The van der Waals surface area contributed by atoms with Crippen molar-refractivity contribution in [2.45, 2.75) is 19.8 Å². The summed E-state index contributed by atoms with van der Waals surface area (Å²) in [6, 6.07) is 85.2. The Morgan fingerprint density at radius 3 is 1.65 bits per heavy atom. The Morgan fingerprint density at radius 2 is 0.930 bits per heavy atom. The molecule has 0 radical (unpaired) electrons. The maximum Gasteiger partial charge on any atom is 0.164 e. The van der Waals surface area contributed by atoms with Gasteiger partial charge in [0.05, 0.1) is 11.0 Å². The van der Waals surface area contributed by atoms with Crippen LogP contribution in [-0.2, 0) is 0 Å². The molecule has 0 saturated heterocycles. The van der Waals surface area contributed by atoms with Crippen LogP contribution < -0.4 is 0 Å². The van der Waals surface area contributed by atoms with E-state index in [-0.39, 0.29) is 5.92 Å². The SMILES string of the molecule is Cc1ccc(-c2ccc3sc4ccccc4c3c2)cc1-c1cc(-c2ccc3c(c2)c2c(-c4nc(-c5ccccc5)nc(-c5ccccc5)n4)cccc2n3-c2ccccc2)ccc1C(C)c1ccccc1. The minimum absolute atomic E-state index is 0.160. The van der Waals surface area contributed by atoms with Gasteiger partial charge in [0.25, 0.3) is 0 Å². The summed E-state index contributed by atoms with van der Waals surface area (Å²) in [5.41, 5.74) is 17.1. The van der Waals surface area contributed by atoms with E-state index in [1.807, 2.05) is 47.7 Å². The first-order valence-corrected chi connectivity index (χ1v) is 25.1. The van der Waals surface area contributed by atoms with Crippen LogP contribution in [0, 0.1) is 6.92 Å². The molecular formula is C66H46N4S. The first-order chi connectivity index (χ1) is 35.0. The van der Waals surface area contributed by atoms with Gasteiger partial charge in [0, 0.05) is 59.2 Å². The maximum absolute atomic E-state index is 5.25. The van der Waals surface area contributed by atoms with Crippen LogP contribution in [0.1, 0.15) is 29.5 Å². The zero-order valence-corrected chi connectivity index (χ0v) is 40.1. The number of aryl methyl sites for hydroxylation is 1. The van der Waals surface area contributed by atoms with E-state index < -0.39 is 0 Å². The van der Waals surface area contributed by atoms with Gasteiger partial charge in [0.1, 0.15) is 0 Å². The number of fused-ring (bicyclic) bond motifs is 6. The molecular weight excluding hydrogens is 881 g/mol. The zero-order chi connectivity index (χ0) is 47.4. The molecule has 0 aliphatic carbocycles. The van der Waals surface area contributed by atoms with Crippen molar-refractivity contribution in [1.82, 2.24) is 19.5 Å². The molecule has 0 fully saturated rings. The summed E-state index contributed by atoms with van der Waals surface area (Å²) in [5.74, 6) is 2.06. The van der Waals surface area contributed by atoms with Crippen LogP contribution in [0.4, 0.5) is 0 Å². The number of hydrogen-bond donors (Lipinski definition) is 0. The van der Waals surface area contributed by atoms with Crippen molar-refractivity contribution in [3.05, 3.63) is 253 Å². The smallest absolute Gasteiger partial charge is 0.164 e. The summed E-state index contributed by atoms with van der Waals surface area (Å²) in [6.07, 6.45) is 0. The lowest BCUT2D eigenvalue weighted by atomic mass is 9.83. The van der Waals surface area contributed by atoms with Crippen molar-refractivity contribution < 1.29 is 0 Å². The van der Waals surface area contributed by atoms with E-state index in [0.29, 0.717) is 17.5 Å². The monoisotopic (exact) mass is 926 g/mol. The quantitative estimate of drug-likeness (QED) is 0.145. The van der Waals surface area contributed by atoms with E-state index in [2.05, 4.69) is 219 Å². The number of thiophene rings is 1. The predicted octanol–water partition coefficient (Wildman–Crippen LogP) is 17.8. The molecule has 1 unspecified atom stereocenters. The first kappa shape index (κ1) is 42.3. The molecule has 71 heavy (non-hydrogen) atoms. The van der Waals surface area contributed by atoms with Gasteiger partial charge in [-0.25, -0.2) is 15.0 Å². The summed E-state index contributed by atoms with van der Waals surface area (Å²) in [5, 5.41) is 4.83. The highest BCUT2D eigenvalue weighted by atomic mass is 32.1. The van der Waals surface area contributed by atoms with Crippen molar-refractivity contribution in [2.75, 3.05) is 0 Å². The molecule has 5 heteroatoms. The van der Waals surface area contributed by atoms with Gasteiger partial charge in [-0.05, 0) is 118 Å². The van der Waals surface area contributed by atoms with Crippen molar-refractivity contribution in [1.29, 1.82) is 0 Å². The molecule has 4 nitrogen and oxygen atoms in total. The minimum atomic E-state index is 0.160. The Hall–Kier alpha value is -8.77. The van der Waals surface area contributed by atoms with Gasteiger partial charge in [-0.2, -0.15) is 0 Å². The zero-order valence-electron chi connectivity index (χ0n) is 39.3. The molecule has 0 aliphatic heterocycles. The van der Waals surface area contributed by atoms with Crippen LogP contribution in [0.3, 0.4) is 0 Å². The molecule has 1 atom stereocenters. The molecule has 3 aromatic heterocycles. The lowest BCUT2D eigenvalue weighted by Crippen LogP contribution is -2.00. The molecule has 0 saturated carbocycles. The first-order valence-electron chi connectivity index (χ1n) is 24.2. The molecule has 0 spiro atoms. The second-order valence-electron chi connectivity index (χ2n) is 18.4. The van der Waals surface area contributed by atoms with Crippen LogP contribution in [0.5, 0.6) is 0 Å². The van der Waals surface area contributed by atoms with Crippen LogP contribution >= 0.6 is 11.3 Å². The fraction of sp³-hybridized carbons (Fsp3) is 0.0455. The Labute approximate surface area is 416 Å². The summed E-state index contributed by atoms with van der Waals surface area (Å²) in [4.78, 5) is 15.5. The normalized spacial score (nSPS) is 12.0. The van der Waals surface area contributed by atoms with E-state index in [4.69, 9.17) is 15.0 Å². The van der Waals surface area contributed by atoms with E-state index in [1.54, 1.807) is 0 Å². The number of benzene rings is 10. The van der Waals surface area contributed by atoms with Crippen LogP contribution in [-0.4, -0.2) is 19.5 Å². The maximum atomic E-state index is 5.25. The van der Waals surface area contributed by atoms with Gasteiger partial charge < -0.3 is 4.57 Å². The average molecular weight is 927 g/mol. The van der Waals surface area contributed by atoms with Crippen LogP contribution in [0.15, 0.2) is 237 Å². The fourth-order valence-electron chi connectivity index (χ4n) is 10.5. The van der Waals surface area contributed by atoms with Crippen molar-refractivity contribution >= 4 is 53.3 Å². The van der Waals surface area contributed by atoms with E-state index in [0.717, 1.165) is 55.3 Å². The lowest BCUT2D eigenvalue weighted by molar-refractivity contribution is 0.925. The van der Waals surface area contributed by atoms with Crippen molar-refractivity contribution in [3.8, 4) is 73.2 Å². The van der Waals surface area contributed by atoms with Gasteiger partial charge >= 0.3 is 0 Å². The predicted molar refractivity (Wildman–Crippen MR) is 298 cm³/mol. The number of nitrogens with zero attached hydrogens (tertiary/aromatic N) is 4. The van der Waals surface area contributed by atoms with Gasteiger partial charge in [-0.15, -0.1) is 11.3 Å². The van der Waals surface area contributed by atoms with Gasteiger partial charge in [0.15, 0.2) is 17.5 Å². The van der Waals surface area contributed by atoms with Gasteiger partial charge in [-0.3, -0.25) is 0 Å². The van der Waals surface area contributed by atoms with E-state index in [9.17, 15) is 0 Å². The standard InChI is InChI=1S/C66H46N4S/c1-42-30-31-47(50-34-37-62-57(40-50)53-26-15-16-29-61(53)71-62)38-55(42)56-39-48(32-35-52(56)43(2)44-18-7-3-8-19-44)49-33-36-59-58(41-49)63-54(27-17-28-60(63)70(59)51-24-13-6-14-25-51)66-68-64(45-20-9-4-10-21-45)67-65(69-66)46-22-11-5-12-23-46/h3-41,43H,1-2H3. The summed E-state index contributed by atoms with van der Waals surface area (Å²) in [7, 11) is 0.